The Balaban J connectivity index is 2.83. The van der Waals surface area contributed by atoms with Gasteiger partial charge in [-0.3, -0.25) is 11.3 Å². The molecule has 96 valence electrons. The zero-order chi connectivity index (χ0) is 13.1. The van der Waals surface area contributed by atoms with Crippen LogP contribution in [0.1, 0.15) is 18.0 Å². The number of benzene rings is 1. The van der Waals surface area contributed by atoms with Crippen molar-refractivity contribution in [1.82, 2.24) is 5.43 Å². The van der Waals surface area contributed by atoms with E-state index in [9.17, 15) is 12.8 Å². The molecule has 0 heterocycles. The standard InChI is InChI=1S/C10H14BrFN2O2S/c1-17(15,16)5-4-10(14-13)7-2-3-9(12)8(11)6-7/h2-3,6,10,14H,4-5,13H2,1H3. The fourth-order valence-electron chi connectivity index (χ4n) is 1.41. The number of hydrogen-bond acceptors (Lipinski definition) is 4. The molecule has 0 fully saturated rings. The second-order valence-corrected chi connectivity index (χ2v) is 6.93. The molecule has 1 atom stereocenters. The van der Waals surface area contributed by atoms with Crippen LogP contribution in [0.2, 0.25) is 0 Å². The van der Waals surface area contributed by atoms with Gasteiger partial charge in [-0.1, -0.05) is 6.07 Å². The average molecular weight is 325 g/mol. The highest BCUT2D eigenvalue weighted by Crippen LogP contribution is 2.23. The zero-order valence-electron chi connectivity index (χ0n) is 9.28. The summed E-state index contributed by atoms with van der Waals surface area (Å²) in [5, 5.41) is 0. The largest absolute Gasteiger partial charge is 0.271 e. The smallest absolute Gasteiger partial charge is 0.147 e. The van der Waals surface area contributed by atoms with Gasteiger partial charge in [0.05, 0.1) is 10.2 Å². The van der Waals surface area contributed by atoms with Crippen LogP contribution >= 0.6 is 15.9 Å². The minimum absolute atomic E-state index is 0.0247. The lowest BCUT2D eigenvalue weighted by molar-refractivity contribution is 0.529. The topological polar surface area (TPSA) is 72.2 Å². The molecule has 1 aromatic rings. The lowest BCUT2D eigenvalue weighted by Gasteiger charge is -2.16. The van der Waals surface area contributed by atoms with Gasteiger partial charge in [0.25, 0.3) is 0 Å². The van der Waals surface area contributed by atoms with Gasteiger partial charge in [-0.25, -0.2) is 12.8 Å². The van der Waals surface area contributed by atoms with E-state index in [0.29, 0.717) is 10.9 Å². The molecular formula is C10H14BrFN2O2S. The number of nitrogens with one attached hydrogen (secondary N) is 1. The van der Waals surface area contributed by atoms with Crippen molar-refractivity contribution in [1.29, 1.82) is 0 Å². The maximum absolute atomic E-state index is 13.0. The SMILES string of the molecule is CS(=O)(=O)CCC(NN)c1ccc(F)c(Br)c1. The Bertz CT molecular complexity index is 493. The van der Waals surface area contributed by atoms with E-state index in [-0.39, 0.29) is 17.6 Å². The van der Waals surface area contributed by atoms with Crippen molar-refractivity contribution < 1.29 is 12.8 Å². The first-order chi connectivity index (χ1) is 7.83. The van der Waals surface area contributed by atoms with Crippen molar-refractivity contribution in [2.45, 2.75) is 12.5 Å². The summed E-state index contributed by atoms with van der Waals surface area (Å²) in [5.74, 6) is 5.03. The second-order valence-electron chi connectivity index (χ2n) is 3.81. The summed E-state index contributed by atoms with van der Waals surface area (Å²) in [6.45, 7) is 0. The summed E-state index contributed by atoms with van der Waals surface area (Å²) in [6.07, 6.45) is 1.51. The van der Waals surface area contributed by atoms with Gasteiger partial charge in [-0.15, -0.1) is 0 Å². The van der Waals surface area contributed by atoms with Gasteiger partial charge >= 0.3 is 0 Å². The number of halogens is 2. The Hall–Kier alpha value is -0.500. The third-order valence-electron chi connectivity index (χ3n) is 2.32. The summed E-state index contributed by atoms with van der Waals surface area (Å²) in [7, 11) is -3.04. The molecule has 0 aliphatic rings. The molecule has 1 rings (SSSR count). The van der Waals surface area contributed by atoms with E-state index in [1.54, 1.807) is 12.1 Å². The fourth-order valence-corrected chi connectivity index (χ4v) is 2.47. The fraction of sp³-hybridized carbons (Fsp3) is 0.400. The van der Waals surface area contributed by atoms with Gasteiger partial charge in [-0.2, -0.15) is 0 Å². The van der Waals surface area contributed by atoms with Crippen LogP contribution in [0.3, 0.4) is 0 Å². The quantitative estimate of drug-likeness (QED) is 0.636. The first-order valence-corrected chi connectivity index (χ1v) is 7.77. The van der Waals surface area contributed by atoms with Gasteiger partial charge in [0.2, 0.25) is 0 Å². The predicted octanol–water partition coefficient (Wildman–Crippen LogP) is 1.53. The molecule has 0 amide bonds. The monoisotopic (exact) mass is 324 g/mol. The van der Waals surface area contributed by atoms with Crippen LogP contribution < -0.4 is 11.3 Å². The van der Waals surface area contributed by atoms with Crippen molar-refractivity contribution >= 4 is 25.8 Å². The summed E-state index contributed by atoms with van der Waals surface area (Å²) in [6, 6.07) is 4.15. The Morgan fingerprint density at radius 2 is 2.18 bits per heavy atom. The van der Waals surface area contributed by atoms with Gasteiger partial charge < -0.3 is 0 Å². The molecule has 0 aromatic heterocycles. The minimum Gasteiger partial charge on any atom is -0.271 e. The Morgan fingerprint density at radius 1 is 1.53 bits per heavy atom. The van der Waals surface area contributed by atoms with Crippen LogP contribution in [-0.4, -0.2) is 20.4 Å². The number of hydrogen-bond donors (Lipinski definition) is 2. The number of nitrogens with two attached hydrogens (primary N) is 1. The molecule has 0 saturated heterocycles. The number of hydrazine groups is 1. The highest BCUT2D eigenvalue weighted by Gasteiger charge is 2.14. The van der Waals surface area contributed by atoms with E-state index in [1.165, 1.54) is 12.3 Å². The summed E-state index contributed by atoms with van der Waals surface area (Å²) in [4.78, 5) is 0. The molecule has 0 radical (unpaired) electrons. The Kier molecular flexibility index (Phi) is 5.05. The van der Waals surface area contributed by atoms with Crippen LogP contribution in [0, 0.1) is 5.82 Å². The summed E-state index contributed by atoms with van der Waals surface area (Å²) < 4.78 is 35.5. The van der Waals surface area contributed by atoms with Gasteiger partial charge in [-0.05, 0) is 40.0 Å². The van der Waals surface area contributed by atoms with E-state index in [0.717, 1.165) is 5.56 Å². The normalized spacial score (nSPS) is 13.6. The maximum atomic E-state index is 13.0. The molecule has 0 spiro atoms. The molecule has 1 unspecified atom stereocenters. The van der Waals surface area contributed by atoms with Crippen LogP contribution in [0.4, 0.5) is 4.39 Å². The van der Waals surface area contributed by atoms with E-state index in [2.05, 4.69) is 21.4 Å². The highest BCUT2D eigenvalue weighted by atomic mass is 79.9. The molecule has 4 nitrogen and oxygen atoms in total. The lowest BCUT2D eigenvalue weighted by atomic mass is 10.1. The summed E-state index contributed by atoms with van der Waals surface area (Å²) in [5.41, 5.74) is 3.27. The predicted molar refractivity (Wildman–Crippen MR) is 68.5 cm³/mol. The first-order valence-electron chi connectivity index (χ1n) is 4.92. The van der Waals surface area contributed by atoms with Crippen LogP contribution in [0.15, 0.2) is 22.7 Å². The molecule has 0 aliphatic carbocycles. The summed E-state index contributed by atoms with van der Waals surface area (Å²) >= 11 is 3.07. The minimum atomic E-state index is -3.04. The van der Waals surface area contributed by atoms with E-state index in [1.807, 2.05) is 0 Å². The molecule has 3 N–H and O–H groups in total. The number of sulfone groups is 1. The molecule has 1 aromatic carbocycles. The molecule has 0 bridgehead atoms. The zero-order valence-corrected chi connectivity index (χ0v) is 11.7. The average Bonchev–Trinajstić information content (AvgIpc) is 2.22. The van der Waals surface area contributed by atoms with Crippen molar-refractivity contribution in [3.63, 3.8) is 0 Å². The molecule has 0 saturated carbocycles. The maximum Gasteiger partial charge on any atom is 0.147 e. The molecule has 0 aliphatic heterocycles. The van der Waals surface area contributed by atoms with Crippen molar-refractivity contribution in [3.8, 4) is 0 Å². The molecule has 17 heavy (non-hydrogen) atoms. The number of rotatable bonds is 5. The highest BCUT2D eigenvalue weighted by molar-refractivity contribution is 9.10. The van der Waals surface area contributed by atoms with Crippen molar-refractivity contribution in [2.75, 3.05) is 12.0 Å². The van der Waals surface area contributed by atoms with Crippen LogP contribution in [0.25, 0.3) is 0 Å². The Labute approximate surface area is 108 Å². The second kappa shape index (κ2) is 5.90. The van der Waals surface area contributed by atoms with Crippen LogP contribution in [0.5, 0.6) is 0 Å². The van der Waals surface area contributed by atoms with Gasteiger partial charge in [0.15, 0.2) is 0 Å². The van der Waals surface area contributed by atoms with E-state index < -0.39 is 9.84 Å². The molecule has 7 heteroatoms. The lowest BCUT2D eigenvalue weighted by Crippen LogP contribution is -2.29. The van der Waals surface area contributed by atoms with Gasteiger partial charge in [0, 0.05) is 12.3 Å². The van der Waals surface area contributed by atoms with Gasteiger partial charge in [0.1, 0.15) is 15.7 Å². The van der Waals surface area contributed by atoms with Crippen molar-refractivity contribution in [3.05, 3.63) is 34.1 Å². The Morgan fingerprint density at radius 3 is 2.65 bits per heavy atom. The van der Waals surface area contributed by atoms with Crippen LogP contribution in [-0.2, 0) is 9.84 Å². The third kappa shape index (κ3) is 4.71. The first kappa shape index (κ1) is 14.6. The van der Waals surface area contributed by atoms with Crippen molar-refractivity contribution in [2.24, 2.45) is 5.84 Å². The molecular weight excluding hydrogens is 311 g/mol. The third-order valence-corrected chi connectivity index (χ3v) is 3.91. The van der Waals surface area contributed by atoms with E-state index in [4.69, 9.17) is 5.84 Å². The van der Waals surface area contributed by atoms with E-state index >= 15 is 0 Å².